The molecule has 0 aliphatic rings. The highest BCUT2D eigenvalue weighted by atomic mass is 19.1. The SMILES string of the molecule is O=C(Nc1ccc(F)cc1F)c1ccc(OCc2ccc(F)cc2)nc1. The van der Waals surface area contributed by atoms with Gasteiger partial charge in [0.15, 0.2) is 0 Å². The number of halogens is 3. The summed E-state index contributed by atoms with van der Waals surface area (Å²) in [6, 6.07) is 11.6. The van der Waals surface area contributed by atoms with Crippen molar-refractivity contribution in [3.05, 3.63) is 89.4 Å². The molecule has 0 radical (unpaired) electrons. The van der Waals surface area contributed by atoms with Gasteiger partial charge in [-0.2, -0.15) is 0 Å². The predicted octanol–water partition coefficient (Wildman–Crippen LogP) is 4.33. The van der Waals surface area contributed by atoms with Crippen molar-refractivity contribution in [3.8, 4) is 5.88 Å². The molecule has 0 unspecified atom stereocenters. The van der Waals surface area contributed by atoms with E-state index in [-0.39, 0.29) is 29.6 Å². The second-order valence-corrected chi connectivity index (χ2v) is 5.38. The van der Waals surface area contributed by atoms with E-state index in [1.807, 2.05) is 0 Å². The number of amides is 1. The third-order valence-corrected chi connectivity index (χ3v) is 3.48. The van der Waals surface area contributed by atoms with Gasteiger partial charge in [0, 0.05) is 18.3 Å². The summed E-state index contributed by atoms with van der Waals surface area (Å²) >= 11 is 0. The molecule has 1 heterocycles. The van der Waals surface area contributed by atoms with Crippen LogP contribution in [0.1, 0.15) is 15.9 Å². The van der Waals surface area contributed by atoms with Crippen LogP contribution in [0.4, 0.5) is 18.9 Å². The van der Waals surface area contributed by atoms with E-state index in [0.717, 1.165) is 17.7 Å². The number of pyridine rings is 1. The molecule has 3 aromatic rings. The molecule has 0 aliphatic heterocycles. The number of carbonyl (C=O) groups excluding carboxylic acids is 1. The normalized spacial score (nSPS) is 10.4. The highest BCUT2D eigenvalue weighted by Gasteiger charge is 2.11. The number of hydrogen-bond acceptors (Lipinski definition) is 3. The van der Waals surface area contributed by atoms with Crippen molar-refractivity contribution in [3.63, 3.8) is 0 Å². The maximum absolute atomic E-state index is 13.6. The molecule has 4 nitrogen and oxygen atoms in total. The van der Waals surface area contributed by atoms with Crippen LogP contribution >= 0.6 is 0 Å². The number of benzene rings is 2. The molecule has 0 bridgehead atoms. The average molecular weight is 358 g/mol. The highest BCUT2D eigenvalue weighted by molar-refractivity contribution is 6.04. The maximum Gasteiger partial charge on any atom is 0.257 e. The summed E-state index contributed by atoms with van der Waals surface area (Å²) in [7, 11) is 0. The Morgan fingerprint density at radius 2 is 1.69 bits per heavy atom. The van der Waals surface area contributed by atoms with Gasteiger partial charge in [0.05, 0.1) is 11.3 Å². The zero-order chi connectivity index (χ0) is 18.5. The zero-order valence-electron chi connectivity index (χ0n) is 13.4. The number of rotatable bonds is 5. The number of anilines is 1. The first kappa shape index (κ1) is 17.5. The fourth-order valence-electron chi connectivity index (χ4n) is 2.12. The lowest BCUT2D eigenvalue weighted by Crippen LogP contribution is -2.13. The van der Waals surface area contributed by atoms with Gasteiger partial charge in [-0.05, 0) is 35.9 Å². The lowest BCUT2D eigenvalue weighted by Gasteiger charge is -2.08. The van der Waals surface area contributed by atoms with Gasteiger partial charge in [-0.3, -0.25) is 4.79 Å². The van der Waals surface area contributed by atoms with Crippen LogP contribution in [0.25, 0.3) is 0 Å². The Kier molecular flexibility index (Phi) is 5.17. The fourth-order valence-corrected chi connectivity index (χ4v) is 2.12. The van der Waals surface area contributed by atoms with Gasteiger partial charge in [0.2, 0.25) is 5.88 Å². The number of nitrogens with zero attached hydrogens (tertiary/aromatic N) is 1. The molecule has 1 amide bonds. The van der Waals surface area contributed by atoms with E-state index in [1.54, 1.807) is 12.1 Å². The molecule has 2 aromatic carbocycles. The molecule has 0 saturated carbocycles. The Labute approximate surface area is 147 Å². The molecule has 0 fully saturated rings. The topological polar surface area (TPSA) is 51.2 Å². The van der Waals surface area contributed by atoms with E-state index in [9.17, 15) is 18.0 Å². The number of nitrogens with one attached hydrogen (secondary N) is 1. The van der Waals surface area contributed by atoms with Gasteiger partial charge >= 0.3 is 0 Å². The van der Waals surface area contributed by atoms with Gasteiger partial charge in [0.25, 0.3) is 5.91 Å². The number of hydrogen-bond donors (Lipinski definition) is 1. The largest absolute Gasteiger partial charge is 0.473 e. The second kappa shape index (κ2) is 7.69. The summed E-state index contributed by atoms with van der Waals surface area (Å²) in [6.07, 6.45) is 1.27. The van der Waals surface area contributed by atoms with Crippen LogP contribution in [0.5, 0.6) is 5.88 Å². The maximum atomic E-state index is 13.6. The molecule has 0 spiro atoms. The zero-order valence-corrected chi connectivity index (χ0v) is 13.4. The van der Waals surface area contributed by atoms with E-state index in [4.69, 9.17) is 4.74 Å². The van der Waals surface area contributed by atoms with E-state index >= 15 is 0 Å². The first-order chi connectivity index (χ1) is 12.5. The highest BCUT2D eigenvalue weighted by Crippen LogP contribution is 2.17. The van der Waals surface area contributed by atoms with Crippen molar-refractivity contribution in [2.45, 2.75) is 6.61 Å². The molecule has 0 saturated heterocycles. The van der Waals surface area contributed by atoms with Crippen molar-refractivity contribution in [1.29, 1.82) is 0 Å². The molecule has 1 N–H and O–H groups in total. The standard InChI is InChI=1S/C19H13F3N2O2/c20-14-4-1-12(2-5-14)11-26-18-8-3-13(10-23-18)19(25)24-17-7-6-15(21)9-16(17)22/h1-10H,11H2,(H,24,25). The molecule has 0 aliphatic carbocycles. The third-order valence-electron chi connectivity index (χ3n) is 3.48. The quantitative estimate of drug-likeness (QED) is 0.739. The van der Waals surface area contributed by atoms with Crippen LogP contribution in [-0.4, -0.2) is 10.9 Å². The average Bonchev–Trinajstić information content (AvgIpc) is 2.64. The minimum Gasteiger partial charge on any atom is -0.473 e. The van der Waals surface area contributed by atoms with E-state index in [0.29, 0.717) is 6.07 Å². The summed E-state index contributed by atoms with van der Waals surface area (Å²) in [5.41, 5.74) is 0.817. The van der Waals surface area contributed by atoms with E-state index in [1.165, 1.54) is 30.5 Å². The van der Waals surface area contributed by atoms with Crippen molar-refractivity contribution in [1.82, 2.24) is 4.98 Å². The van der Waals surface area contributed by atoms with Gasteiger partial charge in [0.1, 0.15) is 24.1 Å². The molecule has 26 heavy (non-hydrogen) atoms. The summed E-state index contributed by atoms with van der Waals surface area (Å²) in [5.74, 6) is -2.25. The number of carbonyl (C=O) groups is 1. The monoisotopic (exact) mass is 358 g/mol. The number of aromatic nitrogens is 1. The first-order valence-corrected chi connectivity index (χ1v) is 7.61. The molecule has 7 heteroatoms. The van der Waals surface area contributed by atoms with Gasteiger partial charge in [-0.15, -0.1) is 0 Å². The van der Waals surface area contributed by atoms with E-state index < -0.39 is 17.5 Å². The Bertz CT molecular complexity index is 913. The van der Waals surface area contributed by atoms with Crippen LogP contribution in [0.15, 0.2) is 60.8 Å². The molecule has 0 atom stereocenters. The summed E-state index contributed by atoms with van der Waals surface area (Å²) in [4.78, 5) is 16.1. The summed E-state index contributed by atoms with van der Waals surface area (Å²) in [6.45, 7) is 0.194. The fraction of sp³-hybridized carbons (Fsp3) is 0.0526. The lowest BCUT2D eigenvalue weighted by atomic mass is 10.2. The van der Waals surface area contributed by atoms with Crippen LogP contribution in [0.2, 0.25) is 0 Å². The predicted molar refractivity (Wildman–Crippen MR) is 89.3 cm³/mol. The first-order valence-electron chi connectivity index (χ1n) is 7.61. The van der Waals surface area contributed by atoms with Crippen molar-refractivity contribution in [2.24, 2.45) is 0 Å². The van der Waals surface area contributed by atoms with Crippen LogP contribution in [0.3, 0.4) is 0 Å². The summed E-state index contributed by atoms with van der Waals surface area (Å²) < 4.78 is 44.7. The lowest BCUT2D eigenvalue weighted by molar-refractivity contribution is 0.102. The van der Waals surface area contributed by atoms with Crippen LogP contribution in [-0.2, 0) is 6.61 Å². The van der Waals surface area contributed by atoms with Crippen LogP contribution in [0, 0.1) is 17.5 Å². The van der Waals surface area contributed by atoms with Gasteiger partial charge in [-0.25, -0.2) is 18.2 Å². The minimum atomic E-state index is -0.870. The molecular weight excluding hydrogens is 345 g/mol. The van der Waals surface area contributed by atoms with E-state index in [2.05, 4.69) is 10.3 Å². The Hall–Kier alpha value is -3.35. The minimum absolute atomic E-state index is 0.131. The molecule has 1 aromatic heterocycles. The van der Waals surface area contributed by atoms with Crippen molar-refractivity contribution in [2.75, 3.05) is 5.32 Å². The molecular formula is C19H13F3N2O2. The Morgan fingerprint density at radius 3 is 2.35 bits per heavy atom. The van der Waals surface area contributed by atoms with Gasteiger partial charge < -0.3 is 10.1 Å². The van der Waals surface area contributed by atoms with Crippen LogP contribution < -0.4 is 10.1 Å². The third kappa shape index (κ3) is 4.38. The smallest absolute Gasteiger partial charge is 0.257 e. The number of ether oxygens (including phenoxy) is 1. The van der Waals surface area contributed by atoms with Crippen molar-refractivity contribution >= 4 is 11.6 Å². The summed E-state index contributed by atoms with van der Waals surface area (Å²) in [5, 5.41) is 2.34. The van der Waals surface area contributed by atoms with Crippen molar-refractivity contribution < 1.29 is 22.7 Å². The molecule has 132 valence electrons. The second-order valence-electron chi connectivity index (χ2n) is 5.38. The Morgan fingerprint density at radius 1 is 0.962 bits per heavy atom. The Balaban J connectivity index is 1.61. The van der Waals surface area contributed by atoms with Gasteiger partial charge in [-0.1, -0.05) is 12.1 Å². The molecule has 3 rings (SSSR count).